The number of primary sulfonamides is 1. The Morgan fingerprint density at radius 1 is 1.05 bits per heavy atom. The zero-order chi connectivity index (χ0) is 15.8. The Hall–Kier alpha value is -0.990. The molecular weight excluding hydrogens is 401 g/mol. The molecular formula is C12H10BrCl2N3O2S. The maximum Gasteiger partial charge on any atom is 0.238 e. The van der Waals surface area contributed by atoms with Crippen LogP contribution in [0, 0.1) is 0 Å². The maximum absolute atomic E-state index is 11.2. The molecule has 2 aromatic carbocycles. The van der Waals surface area contributed by atoms with Gasteiger partial charge in [0.05, 0.1) is 32.0 Å². The first-order valence-electron chi connectivity index (χ1n) is 5.53. The summed E-state index contributed by atoms with van der Waals surface area (Å²) in [5, 5.41) is 8.71. The van der Waals surface area contributed by atoms with E-state index < -0.39 is 10.0 Å². The fraction of sp³-hybridized carbons (Fsp3) is 0. The van der Waals surface area contributed by atoms with Crippen LogP contribution in [-0.4, -0.2) is 8.42 Å². The smallest absolute Gasteiger partial charge is 0.238 e. The number of hydrogen-bond acceptors (Lipinski definition) is 4. The van der Waals surface area contributed by atoms with E-state index in [1.54, 1.807) is 12.1 Å². The summed E-state index contributed by atoms with van der Waals surface area (Å²) in [6.07, 6.45) is 0. The van der Waals surface area contributed by atoms with Crippen molar-refractivity contribution in [2.75, 3.05) is 11.1 Å². The van der Waals surface area contributed by atoms with Gasteiger partial charge in [0.2, 0.25) is 10.0 Å². The molecule has 0 bridgehead atoms. The molecule has 0 radical (unpaired) electrons. The number of rotatable bonds is 3. The quantitative estimate of drug-likeness (QED) is 0.530. The fourth-order valence-electron chi connectivity index (χ4n) is 1.60. The number of halogens is 3. The second-order valence-corrected chi connectivity index (χ2v) is 7.31. The third kappa shape index (κ3) is 3.61. The van der Waals surface area contributed by atoms with Gasteiger partial charge in [0.25, 0.3) is 0 Å². The molecule has 0 saturated heterocycles. The van der Waals surface area contributed by atoms with Crippen molar-refractivity contribution in [3.05, 3.63) is 44.8 Å². The van der Waals surface area contributed by atoms with Crippen LogP contribution in [0.1, 0.15) is 0 Å². The Labute approximate surface area is 140 Å². The normalized spacial score (nSPS) is 11.4. The largest absolute Gasteiger partial charge is 0.397 e. The van der Waals surface area contributed by atoms with Crippen molar-refractivity contribution in [3.8, 4) is 0 Å². The average molecular weight is 411 g/mol. The van der Waals surface area contributed by atoms with Crippen LogP contribution in [0.4, 0.5) is 17.1 Å². The number of nitrogen functional groups attached to an aromatic ring is 1. The average Bonchev–Trinajstić information content (AvgIpc) is 2.40. The molecule has 112 valence electrons. The second kappa shape index (κ2) is 6.02. The Morgan fingerprint density at radius 2 is 1.67 bits per heavy atom. The summed E-state index contributed by atoms with van der Waals surface area (Å²) < 4.78 is 23.2. The van der Waals surface area contributed by atoms with Crippen molar-refractivity contribution in [2.45, 2.75) is 4.90 Å². The number of nitrogens with two attached hydrogens (primary N) is 2. The molecule has 0 fully saturated rings. The summed E-state index contributed by atoms with van der Waals surface area (Å²) in [5.41, 5.74) is 7.07. The number of benzene rings is 2. The third-order valence-corrected chi connectivity index (χ3v) is 5.34. The van der Waals surface area contributed by atoms with E-state index in [1.807, 2.05) is 0 Å². The topological polar surface area (TPSA) is 98.2 Å². The van der Waals surface area contributed by atoms with E-state index in [-0.39, 0.29) is 10.6 Å². The van der Waals surface area contributed by atoms with Gasteiger partial charge in [-0.15, -0.1) is 0 Å². The maximum atomic E-state index is 11.2. The van der Waals surface area contributed by atoms with Gasteiger partial charge in [0.1, 0.15) is 0 Å². The first-order chi connectivity index (χ1) is 9.70. The van der Waals surface area contributed by atoms with Gasteiger partial charge >= 0.3 is 0 Å². The lowest BCUT2D eigenvalue weighted by Gasteiger charge is -2.13. The summed E-state index contributed by atoms with van der Waals surface area (Å²) in [4.78, 5) is -0.0644. The van der Waals surface area contributed by atoms with Gasteiger partial charge < -0.3 is 11.1 Å². The summed E-state index contributed by atoms with van der Waals surface area (Å²) in [5.74, 6) is 0. The Bertz CT molecular complexity index is 812. The van der Waals surface area contributed by atoms with Gasteiger partial charge in [-0.25, -0.2) is 13.6 Å². The van der Waals surface area contributed by atoms with Crippen molar-refractivity contribution < 1.29 is 8.42 Å². The van der Waals surface area contributed by atoms with Gasteiger partial charge in [-0.2, -0.15) is 0 Å². The van der Waals surface area contributed by atoms with Crippen LogP contribution < -0.4 is 16.2 Å². The van der Waals surface area contributed by atoms with Gasteiger partial charge in [-0.05, 0) is 46.3 Å². The Kier molecular flexibility index (Phi) is 4.69. The molecule has 2 rings (SSSR count). The van der Waals surface area contributed by atoms with Crippen LogP contribution >= 0.6 is 39.1 Å². The second-order valence-electron chi connectivity index (χ2n) is 4.14. The lowest BCUT2D eigenvalue weighted by molar-refractivity contribution is 0.598. The van der Waals surface area contributed by atoms with Crippen LogP contribution in [0.2, 0.25) is 10.0 Å². The van der Waals surface area contributed by atoms with Gasteiger partial charge in [-0.3, -0.25) is 0 Å². The first-order valence-corrected chi connectivity index (χ1v) is 8.62. The van der Waals surface area contributed by atoms with Crippen LogP contribution in [-0.2, 0) is 10.0 Å². The van der Waals surface area contributed by atoms with Gasteiger partial charge in [0, 0.05) is 4.47 Å². The lowest BCUT2D eigenvalue weighted by Crippen LogP contribution is -2.12. The first kappa shape index (κ1) is 16.4. The number of hydrogen-bond donors (Lipinski definition) is 3. The van der Waals surface area contributed by atoms with E-state index in [0.29, 0.717) is 25.9 Å². The molecule has 0 aliphatic rings. The molecule has 0 amide bonds. The van der Waals surface area contributed by atoms with Crippen molar-refractivity contribution >= 4 is 66.2 Å². The van der Waals surface area contributed by atoms with Crippen molar-refractivity contribution in [1.82, 2.24) is 0 Å². The van der Waals surface area contributed by atoms with Crippen molar-refractivity contribution in [2.24, 2.45) is 5.14 Å². The Morgan fingerprint density at radius 3 is 2.24 bits per heavy atom. The van der Waals surface area contributed by atoms with Crippen LogP contribution in [0.3, 0.4) is 0 Å². The SMILES string of the molecule is Nc1cc(S(N)(=O)=O)ccc1Nc1ccc(Br)c(Cl)c1Cl. The highest BCUT2D eigenvalue weighted by Gasteiger charge is 2.12. The fourth-order valence-corrected chi connectivity index (χ4v) is 2.97. The van der Waals surface area contributed by atoms with Crippen LogP contribution in [0.15, 0.2) is 39.7 Å². The highest BCUT2D eigenvalue weighted by Crippen LogP contribution is 2.38. The van der Waals surface area contributed by atoms with E-state index in [2.05, 4.69) is 21.2 Å². The molecule has 5 N–H and O–H groups in total. The number of sulfonamides is 1. The minimum Gasteiger partial charge on any atom is -0.397 e. The zero-order valence-corrected chi connectivity index (χ0v) is 14.3. The van der Waals surface area contributed by atoms with E-state index in [4.69, 9.17) is 34.1 Å². The highest BCUT2D eigenvalue weighted by atomic mass is 79.9. The highest BCUT2D eigenvalue weighted by molar-refractivity contribution is 9.10. The molecule has 21 heavy (non-hydrogen) atoms. The number of anilines is 3. The monoisotopic (exact) mass is 409 g/mol. The van der Waals surface area contributed by atoms with E-state index in [0.717, 1.165) is 0 Å². The molecule has 9 heteroatoms. The van der Waals surface area contributed by atoms with Crippen LogP contribution in [0.25, 0.3) is 0 Å². The van der Waals surface area contributed by atoms with Gasteiger partial charge in [-0.1, -0.05) is 23.2 Å². The summed E-state index contributed by atoms with van der Waals surface area (Å²) in [7, 11) is -3.80. The molecule has 0 saturated carbocycles. The van der Waals surface area contributed by atoms with Gasteiger partial charge in [0.15, 0.2) is 0 Å². The predicted molar refractivity (Wildman–Crippen MR) is 89.7 cm³/mol. The molecule has 0 aliphatic heterocycles. The van der Waals surface area contributed by atoms with E-state index in [9.17, 15) is 8.42 Å². The minimum atomic E-state index is -3.80. The molecule has 0 aliphatic carbocycles. The summed E-state index contributed by atoms with van der Waals surface area (Å²) in [6, 6.07) is 7.56. The van der Waals surface area contributed by atoms with E-state index >= 15 is 0 Å². The van der Waals surface area contributed by atoms with Crippen molar-refractivity contribution in [3.63, 3.8) is 0 Å². The molecule has 0 heterocycles. The van der Waals surface area contributed by atoms with E-state index in [1.165, 1.54) is 18.2 Å². The predicted octanol–water partition coefficient (Wildman–Crippen LogP) is 3.73. The zero-order valence-electron chi connectivity index (χ0n) is 10.4. The Balaban J connectivity index is 2.40. The summed E-state index contributed by atoms with van der Waals surface area (Å²) in [6.45, 7) is 0. The van der Waals surface area contributed by atoms with Crippen molar-refractivity contribution in [1.29, 1.82) is 0 Å². The summed E-state index contributed by atoms with van der Waals surface area (Å²) >= 11 is 15.4. The molecule has 0 atom stereocenters. The lowest BCUT2D eigenvalue weighted by atomic mass is 10.2. The standard InChI is InChI=1S/C12H10BrCl2N3O2S/c13-7-2-4-10(12(15)11(7)14)18-9-3-1-6(5-8(9)16)21(17,19)20/h1-5,18H,16H2,(H2,17,19,20). The molecule has 5 nitrogen and oxygen atoms in total. The molecule has 0 aromatic heterocycles. The molecule has 2 aromatic rings. The van der Waals surface area contributed by atoms with Crippen LogP contribution in [0.5, 0.6) is 0 Å². The molecule has 0 unspecified atom stereocenters. The third-order valence-electron chi connectivity index (χ3n) is 2.66. The number of nitrogens with one attached hydrogen (secondary N) is 1. The molecule has 0 spiro atoms. The minimum absolute atomic E-state index is 0.0644.